The van der Waals surface area contributed by atoms with E-state index in [9.17, 15) is 68.4 Å². The third-order valence-corrected chi connectivity index (χ3v) is 20.9. The fourth-order valence-corrected chi connectivity index (χ4v) is 14.4. The first-order valence-electron chi connectivity index (χ1n) is 33.1. The van der Waals surface area contributed by atoms with Crippen LogP contribution in [0.15, 0.2) is 132 Å². The van der Waals surface area contributed by atoms with Gasteiger partial charge < -0.3 is 29.4 Å². The van der Waals surface area contributed by atoms with Crippen LogP contribution in [0.5, 0.6) is 0 Å². The summed E-state index contributed by atoms with van der Waals surface area (Å²) in [7, 11) is 2.53. The fourth-order valence-electron chi connectivity index (χ4n) is 12.5. The number of aromatic nitrogens is 10. The zero-order valence-corrected chi connectivity index (χ0v) is 65.2. The summed E-state index contributed by atoms with van der Waals surface area (Å²) < 4.78 is 99.0. The number of carbonyl (C=O) groups excluding carboxylic acids is 5. The van der Waals surface area contributed by atoms with Crippen molar-refractivity contribution in [3.05, 3.63) is 201 Å². The largest absolute Gasteiger partial charge is 0.457 e. The van der Waals surface area contributed by atoms with Crippen LogP contribution in [0.1, 0.15) is 81.0 Å². The summed E-state index contributed by atoms with van der Waals surface area (Å²) in [5, 5.41) is 0. The van der Waals surface area contributed by atoms with Gasteiger partial charge in [-0.2, -0.15) is 16.8 Å². The number of sulfone groups is 1. The second-order valence-corrected chi connectivity index (χ2v) is 31.3. The second kappa shape index (κ2) is 32.4. The number of benzene rings is 4. The van der Waals surface area contributed by atoms with Gasteiger partial charge in [-0.25, -0.2) is 37.3 Å². The van der Waals surface area contributed by atoms with Crippen LogP contribution in [0, 0.1) is 47.5 Å². The van der Waals surface area contributed by atoms with E-state index in [-0.39, 0.29) is 98.8 Å². The smallest absolute Gasteiger partial charge is 0.339 e. The Kier molecular flexibility index (Phi) is 24.6. The predicted molar refractivity (Wildman–Crippen MR) is 405 cm³/mol. The molecule has 4 aliphatic rings. The maximum absolute atomic E-state index is 12.7. The highest BCUT2D eigenvalue weighted by Crippen LogP contribution is 2.34. The molecule has 1 fully saturated rings. The van der Waals surface area contributed by atoms with Gasteiger partial charge in [0.15, 0.2) is 21.2 Å². The summed E-state index contributed by atoms with van der Waals surface area (Å²) in [5.74, 6) is -2.28. The van der Waals surface area contributed by atoms with Gasteiger partial charge in [0.1, 0.15) is 47.1 Å². The maximum Gasteiger partial charge on any atom is 0.339 e. The average Bonchev–Trinajstić information content (AvgIpc) is 1.25. The standard InChI is InChI=1S/C18H16O4S.2C14H19N3O4S.C9H13N3O2.C9H11N3O2.C7H8N4O2/c1-12-4-3-5-14(10-12)17-16(11-22-18(17)19)13-6-8-15(9-7-13)23(2,20)21;1-10-5-7-12(8-6-10)17-14(18)13(11(2)16(17)4)15(3)9-22(19,20)21;1-10-6-5-7-12(8-10)17-14(18)13(11(2)16(17)4)15(3)9-22(19,20)21;1-5-6-7(11(2)4-10-6)9(14)12(3)8(5)13;1-4-6-7(11-5(2)10-6)9(14)12(3)8(4)13;1-10-5-4(8-3-9-5)6(12)11(2)7(10)13/h3-10H,11H2,1-2H3;2*5-8H,9H2,1-4H3,(H,19,20,21);4-7H,1-3H3;4H,1-3H3,(H,10,11);3H,1-2H3,(H,8,9). The van der Waals surface area contributed by atoms with Gasteiger partial charge in [0.05, 0.1) is 69.5 Å². The normalized spacial score (nSPS) is 16.8. The lowest BCUT2D eigenvalue weighted by Crippen LogP contribution is -2.59. The van der Waals surface area contributed by atoms with E-state index in [4.69, 9.17) is 13.8 Å². The number of H-pyrrole nitrogens is 2. The average molecular weight is 1550 g/mol. The molecular weight excluding hydrogens is 1460 g/mol. The number of cyclic esters (lactones) is 1. The molecule has 9 heterocycles. The zero-order valence-electron chi connectivity index (χ0n) is 62.7. The van der Waals surface area contributed by atoms with E-state index in [0.29, 0.717) is 56.7 Å². The number of fused-ring (bicyclic) bond motifs is 3. The number of hydrogen-bond donors (Lipinski definition) is 4. The van der Waals surface area contributed by atoms with Gasteiger partial charge >= 0.3 is 11.7 Å². The number of aliphatic imine (C=N–C) groups is 1. The highest BCUT2D eigenvalue weighted by molar-refractivity contribution is 7.90. The number of anilines is 2. The van der Waals surface area contributed by atoms with Crippen molar-refractivity contribution in [3.8, 4) is 11.4 Å². The summed E-state index contributed by atoms with van der Waals surface area (Å²) in [4.78, 5) is 131. The van der Waals surface area contributed by atoms with E-state index >= 15 is 0 Å². The maximum atomic E-state index is 12.7. The monoisotopic (exact) mass is 1550 g/mol. The first kappa shape index (κ1) is 82.2. The molecule has 1 saturated heterocycles. The van der Waals surface area contributed by atoms with Crippen molar-refractivity contribution in [1.29, 1.82) is 0 Å². The Morgan fingerprint density at radius 1 is 0.602 bits per heavy atom. The molecule has 13 rings (SSSR count). The highest BCUT2D eigenvalue weighted by atomic mass is 32.2. The van der Waals surface area contributed by atoms with Crippen LogP contribution in [-0.2, 0) is 82.2 Å². The predicted octanol–water partition coefficient (Wildman–Crippen LogP) is 3.74. The number of ether oxygens (including phenoxy) is 1. The summed E-state index contributed by atoms with van der Waals surface area (Å²) >= 11 is 0. The quantitative estimate of drug-likeness (QED) is 0.0814. The fraction of sp³-hybridized carbons (Fsp3) is 0.352. The molecule has 108 heavy (non-hydrogen) atoms. The molecule has 0 spiro atoms. The minimum absolute atomic E-state index is 0.135. The van der Waals surface area contributed by atoms with E-state index in [1.165, 1.54) is 76.5 Å². The molecule has 0 radical (unpaired) electrons. The molecule has 34 nitrogen and oxygen atoms in total. The van der Waals surface area contributed by atoms with Crippen LogP contribution < -0.4 is 32.2 Å². The molecule has 5 aromatic heterocycles. The number of likely N-dealkylation sites (tertiary alicyclic amines) is 1. The number of esters is 1. The molecule has 576 valence electrons. The minimum Gasteiger partial charge on any atom is -0.457 e. The number of hydrogen-bond acceptors (Lipinski definition) is 22. The van der Waals surface area contributed by atoms with Crippen LogP contribution in [0.4, 0.5) is 11.4 Å². The molecule has 9 aromatic rings. The van der Waals surface area contributed by atoms with Crippen LogP contribution in [0.2, 0.25) is 0 Å². The molecule has 0 aliphatic carbocycles. The molecule has 4 atom stereocenters. The molecule has 4 aromatic carbocycles. The Hall–Kier alpha value is -11.4. The van der Waals surface area contributed by atoms with Crippen molar-refractivity contribution in [2.75, 3.05) is 69.7 Å². The minimum atomic E-state index is -4.21. The lowest BCUT2D eigenvalue weighted by molar-refractivity contribution is -0.153. The molecule has 4 N–H and O–H groups in total. The van der Waals surface area contributed by atoms with Crippen LogP contribution >= 0.6 is 0 Å². The van der Waals surface area contributed by atoms with Crippen molar-refractivity contribution in [1.82, 2.24) is 62.5 Å². The molecule has 4 aliphatic heterocycles. The SMILES string of the molecule is CC1C(=O)N(C)C(=O)C2C1N=CN2C.Cc1ccc(-n2c(=O)c(N(C)CS(=O)(=O)O)c(C)n2C)cc1.Cc1cccc(-n2c(=O)c(N(C)CS(=O)(=O)O)c(C)n2C)c1.Cc1cccc(C2=C(c3ccc(S(C)(=O)=O)cc3)COC2=O)c1.Cc1nc2c([nH]1)C(C)C(=O)N(C)C2=O.Cn1c(=O)c2[nH]cnc2n(C)c1=O. The lowest BCUT2D eigenvalue weighted by Gasteiger charge is -2.36. The topological polar surface area (TPSA) is 421 Å². The van der Waals surface area contributed by atoms with Gasteiger partial charge in [0.25, 0.3) is 48.7 Å². The molecule has 37 heteroatoms. The highest BCUT2D eigenvalue weighted by Gasteiger charge is 2.48. The Morgan fingerprint density at radius 2 is 1.14 bits per heavy atom. The first-order valence-corrected chi connectivity index (χ1v) is 38.2. The van der Waals surface area contributed by atoms with Gasteiger partial charge in [-0.15, -0.1) is 0 Å². The van der Waals surface area contributed by atoms with Gasteiger partial charge in [-0.05, 0) is 102 Å². The summed E-state index contributed by atoms with van der Waals surface area (Å²) in [6.07, 6.45) is 4.20. The number of nitrogens with one attached hydrogen (secondary N) is 2. The number of carbonyl (C=O) groups is 5. The summed E-state index contributed by atoms with van der Waals surface area (Å²) in [6, 6.07) is 28.6. The number of likely N-dealkylation sites (N-methyl/N-ethyl adjacent to an activating group) is 3. The number of piperidine rings is 1. The van der Waals surface area contributed by atoms with Crippen molar-refractivity contribution in [2.24, 2.45) is 39.1 Å². The van der Waals surface area contributed by atoms with Gasteiger partial charge in [0, 0.05) is 75.3 Å². The van der Waals surface area contributed by atoms with Crippen molar-refractivity contribution < 1.29 is 63.1 Å². The zero-order chi connectivity index (χ0) is 80.4. The Morgan fingerprint density at radius 3 is 1.67 bits per heavy atom. The summed E-state index contributed by atoms with van der Waals surface area (Å²) in [5.41, 5.74) is 9.49. The van der Waals surface area contributed by atoms with Crippen LogP contribution in [0.25, 0.3) is 33.7 Å². The number of imide groups is 2. The molecular formula is C71H86N16O18S3. The Labute approximate surface area is 621 Å². The number of amides is 4. The first-order chi connectivity index (χ1) is 50.3. The molecule has 0 saturated carbocycles. The third kappa shape index (κ3) is 17.7. The van der Waals surface area contributed by atoms with E-state index in [2.05, 4.69) is 24.9 Å². The van der Waals surface area contributed by atoms with Crippen molar-refractivity contribution >= 4 is 99.7 Å². The van der Waals surface area contributed by atoms with Crippen LogP contribution in [0.3, 0.4) is 0 Å². The van der Waals surface area contributed by atoms with E-state index in [0.717, 1.165) is 42.9 Å². The van der Waals surface area contributed by atoms with Gasteiger partial charge in [0.2, 0.25) is 11.8 Å². The van der Waals surface area contributed by atoms with E-state index < -0.39 is 41.8 Å². The number of imidazole rings is 2. The molecule has 4 unspecified atom stereocenters. The molecule has 0 bridgehead atoms. The van der Waals surface area contributed by atoms with E-state index in [1.807, 2.05) is 101 Å². The van der Waals surface area contributed by atoms with Gasteiger partial charge in [-0.1, -0.05) is 78.7 Å². The summed E-state index contributed by atoms with van der Waals surface area (Å²) in [6.45, 7) is 14.8. The third-order valence-electron chi connectivity index (χ3n) is 18.4. The van der Waals surface area contributed by atoms with Crippen molar-refractivity contribution in [3.63, 3.8) is 0 Å². The van der Waals surface area contributed by atoms with Crippen molar-refractivity contribution in [2.45, 2.75) is 78.3 Å². The Balaban J connectivity index is 0.000000166. The molecule has 4 amide bonds. The van der Waals surface area contributed by atoms with E-state index in [1.54, 1.807) is 99.8 Å². The number of aryl methyl sites for hydroxylation is 5. The number of nitrogens with zero attached hydrogens (tertiary/aromatic N) is 14. The Bertz CT molecular complexity index is 5700. The van der Waals surface area contributed by atoms with Crippen LogP contribution in [-0.4, -0.2) is 205 Å². The second-order valence-electron chi connectivity index (χ2n) is 26.4. The number of rotatable bonds is 11. The lowest BCUT2D eigenvalue weighted by atomic mass is 9.89. The van der Waals surface area contributed by atoms with Gasteiger partial charge in [-0.3, -0.25) is 76.0 Å². The number of aromatic amines is 2.